The highest BCUT2D eigenvalue weighted by Crippen LogP contribution is 2.31. The summed E-state index contributed by atoms with van der Waals surface area (Å²) in [5, 5.41) is 0.834. The lowest BCUT2D eigenvalue weighted by molar-refractivity contribution is -0.108. The Morgan fingerprint density at radius 3 is 2.85 bits per heavy atom. The molecule has 0 N–H and O–H groups in total. The number of aldehydes is 1. The van der Waals surface area contributed by atoms with E-state index in [0.717, 1.165) is 6.29 Å². The molecule has 0 fully saturated rings. The van der Waals surface area contributed by atoms with Crippen LogP contribution in [0.2, 0.25) is 10.0 Å². The summed E-state index contributed by atoms with van der Waals surface area (Å²) in [6, 6.07) is 5.12. The molecule has 1 rings (SSSR count). The third kappa shape index (κ3) is 2.90. The van der Waals surface area contributed by atoms with E-state index in [0.29, 0.717) is 28.8 Å². The van der Waals surface area contributed by atoms with Crippen molar-refractivity contribution in [2.75, 3.05) is 6.61 Å². The zero-order valence-corrected chi connectivity index (χ0v) is 8.31. The van der Waals surface area contributed by atoms with E-state index < -0.39 is 0 Å². The summed E-state index contributed by atoms with van der Waals surface area (Å²) in [5.41, 5.74) is 0. The van der Waals surface area contributed by atoms with Crippen molar-refractivity contribution < 1.29 is 9.53 Å². The second-order valence-electron chi connectivity index (χ2n) is 2.36. The van der Waals surface area contributed by atoms with Crippen LogP contribution in [-0.4, -0.2) is 12.9 Å². The van der Waals surface area contributed by atoms with E-state index in [2.05, 4.69) is 0 Å². The lowest BCUT2D eigenvalue weighted by atomic mass is 10.3. The number of rotatable bonds is 4. The van der Waals surface area contributed by atoms with E-state index in [1.165, 1.54) is 0 Å². The molecule has 0 bridgehead atoms. The fourth-order valence-electron chi connectivity index (χ4n) is 0.812. The Morgan fingerprint density at radius 1 is 1.38 bits per heavy atom. The second-order valence-corrected chi connectivity index (χ2v) is 3.14. The van der Waals surface area contributed by atoms with Crippen LogP contribution in [0.15, 0.2) is 18.2 Å². The first-order chi connectivity index (χ1) is 6.25. The quantitative estimate of drug-likeness (QED) is 0.574. The van der Waals surface area contributed by atoms with Crippen LogP contribution in [0.1, 0.15) is 6.42 Å². The first-order valence-corrected chi connectivity index (χ1v) is 4.51. The van der Waals surface area contributed by atoms with Crippen molar-refractivity contribution in [1.82, 2.24) is 0 Å². The molecule has 0 saturated carbocycles. The Hall–Kier alpha value is -0.730. The van der Waals surface area contributed by atoms with Crippen molar-refractivity contribution >= 4 is 29.5 Å². The van der Waals surface area contributed by atoms with E-state index in [4.69, 9.17) is 27.9 Å². The fraction of sp³-hybridized carbons (Fsp3) is 0.222. The van der Waals surface area contributed by atoms with Gasteiger partial charge < -0.3 is 9.53 Å². The molecule has 0 aromatic heterocycles. The minimum atomic E-state index is 0.323. The van der Waals surface area contributed by atoms with Gasteiger partial charge in [0.25, 0.3) is 0 Å². The van der Waals surface area contributed by atoms with Crippen molar-refractivity contribution in [1.29, 1.82) is 0 Å². The van der Waals surface area contributed by atoms with Gasteiger partial charge in [0.1, 0.15) is 17.1 Å². The number of carbonyl (C=O) groups excluding carboxylic acids is 1. The largest absolute Gasteiger partial charge is 0.492 e. The van der Waals surface area contributed by atoms with Gasteiger partial charge in [-0.25, -0.2) is 0 Å². The minimum Gasteiger partial charge on any atom is -0.492 e. The lowest BCUT2D eigenvalue weighted by Crippen LogP contribution is -1.97. The highest BCUT2D eigenvalue weighted by molar-refractivity contribution is 6.42. The highest BCUT2D eigenvalue weighted by atomic mass is 35.5. The number of halogens is 2. The lowest BCUT2D eigenvalue weighted by Gasteiger charge is -2.06. The van der Waals surface area contributed by atoms with Gasteiger partial charge in [-0.15, -0.1) is 0 Å². The monoisotopic (exact) mass is 218 g/mol. The second kappa shape index (κ2) is 5.10. The molecule has 0 saturated heterocycles. The summed E-state index contributed by atoms with van der Waals surface area (Å²) in [6.45, 7) is 0.323. The van der Waals surface area contributed by atoms with Crippen LogP contribution in [0.25, 0.3) is 0 Å². The van der Waals surface area contributed by atoms with Gasteiger partial charge in [-0.3, -0.25) is 0 Å². The molecule has 0 amide bonds. The predicted octanol–water partition coefficient (Wildman–Crippen LogP) is 2.96. The molecule has 0 aliphatic heterocycles. The van der Waals surface area contributed by atoms with Crippen LogP contribution in [0, 0.1) is 0 Å². The van der Waals surface area contributed by atoms with Crippen molar-refractivity contribution in [3.8, 4) is 5.75 Å². The van der Waals surface area contributed by atoms with Gasteiger partial charge >= 0.3 is 0 Å². The number of hydrogen-bond acceptors (Lipinski definition) is 2. The van der Waals surface area contributed by atoms with Gasteiger partial charge in [-0.05, 0) is 12.1 Å². The van der Waals surface area contributed by atoms with Crippen molar-refractivity contribution in [3.63, 3.8) is 0 Å². The highest BCUT2D eigenvalue weighted by Gasteiger charge is 2.04. The molecular formula is C9H8Cl2O2. The third-order valence-corrected chi connectivity index (χ3v) is 2.21. The number of carbonyl (C=O) groups is 1. The van der Waals surface area contributed by atoms with Crippen LogP contribution in [0.4, 0.5) is 0 Å². The molecule has 0 radical (unpaired) electrons. The Kier molecular flexibility index (Phi) is 4.06. The predicted molar refractivity (Wildman–Crippen MR) is 52.6 cm³/mol. The molecule has 13 heavy (non-hydrogen) atoms. The fourth-order valence-corrected chi connectivity index (χ4v) is 1.16. The normalized spacial score (nSPS) is 9.69. The summed E-state index contributed by atoms with van der Waals surface area (Å²) < 4.78 is 5.21. The third-order valence-electron chi connectivity index (χ3n) is 1.41. The molecule has 1 aromatic rings. The Labute approximate surface area is 86.4 Å². The van der Waals surface area contributed by atoms with Crippen LogP contribution < -0.4 is 4.74 Å². The van der Waals surface area contributed by atoms with Gasteiger partial charge in [-0.1, -0.05) is 29.3 Å². The Morgan fingerprint density at radius 2 is 2.15 bits per heavy atom. The number of hydrogen-bond donors (Lipinski definition) is 0. The van der Waals surface area contributed by atoms with E-state index in [1.54, 1.807) is 18.2 Å². The molecule has 4 heteroatoms. The van der Waals surface area contributed by atoms with E-state index in [1.807, 2.05) is 0 Å². The van der Waals surface area contributed by atoms with Crippen LogP contribution in [0.3, 0.4) is 0 Å². The van der Waals surface area contributed by atoms with Gasteiger partial charge in [0.05, 0.1) is 11.6 Å². The zero-order chi connectivity index (χ0) is 9.68. The van der Waals surface area contributed by atoms with Crippen LogP contribution >= 0.6 is 23.2 Å². The molecule has 0 unspecified atom stereocenters. The van der Waals surface area contributed by atoms with E-state index in [-0.39, 0.29) is 0 Å². The van der Waals surface area contributed by atoms with Gasteiger partial charge in [-0.2, -0.15) is 0 Å². The molecule has 1 aromatic carbocycles. The Balaban J connectivity index is 2.65. The van der Waals surface area contributed by atoms with Crippen LogP contribution in [0.5, 0.6) is 5.75 Å². The summed E-state index contributed by atoms with van der Waals surface area (Å²) in [5.74, 6) is 0.510. The number of benzene rings is 1. The average Bonchev–Trinajstić information content (AvgIpc) is 2.13. The molecule has 0 atom stereocenters. The summed E-state index contributed by atoms with van der Waals surface area (Å²) in [4.78, 5) is 10.0. The zero-order valence-electron chi connectivity index (χ0n) is 6.80. The van der Waals surface area contributed by atoms with Gasteiger partial charge in [0.2, 0.25) is 0 Å². The van der Waals surface area contributed by atoms with Gasteiger partial charge in [0, 0.05) is 6.42 Å². The van der Waals surface area contributed by atoms with E-state index in [9.17, 15) is 4.79 Å². The summed E-state index contributed by atoms with van der Waals surface area (Å²) in [6.07, 6.45) is 1.14. The van der Waals surface area contributed by atoms with E-state index >= 15 is 0 Å². The minimum absolute atomic E-state index is 0.323. The molecule has 0 spiro atoms. The smallest absolute Gasteiger partial charge is 0.139 e. The summed E-state index contributed by atoms with van der Waals surface area (Å²) in [7, 11) is 0. The SMILES string of the molecule is O=CCCOc1cccc(Cl)c1Cl. The molecule has 2 nitrogen and oxygen atoms in total. The first kappa shape index (κ1) is 10.4. The van der Waals surface area contributed by atoms with Crippen molar-refractivity contribution in [2.45, 2.75) is 6.42 Å². The molecule has 0 aliphatic carbocycles. The molecule has 0 heterocycles. The molecule has 0 aliphatic rings. The van der Waals surface area contributed by atoms with Crippen molar-refractivity contribution in [2.24, 2.45) is 0 Å². The van der Waals surface area contributed by atoms with Crippen molar-refractivity contribution in [3.05, 3.63) is 28.2 Å². The molecule has 70 valence electrons. The van der Waals surface area contributed by atoms with Gasteiger partial charge in [0.15, 0.2) is 0 Å². The molecular weight excluding hydrogens is 211 g/mol. The average molecular weight is 219 g/mol. The summed E-state index contributed by atoms with van der Waals surface area (Å²) >= 11 is 11.6. The standard InChI is InChI=1S/C9H8Cl2O2/c10-7-3-1-4-8(9(7)11)13-6-2-5-12/h1,3-5H,2,6H2. The topological polar surface area (TPSA) is 26.3 Å². The van der Waals surface area contributed by atoms with Crippen LogP contribution in [-0.2, 0) is 4.79 Å². The maximum absolute atomic E-state index is 10.0. The first-order valence-electron chi connectivity index (χ1n) is 3.76. The number of ether oxygens (including phenoxy) is 1. The maximum atomic E-state index is 10.0. The Bertz CT molecular complexity index is 300. The maximum Gasteiger partial charge on any atom is 0.139 e.